The van der Waals surface area contributed by atoms with E-state index < -0.39 is 0 Å². The number of pyridine rings is 1. The van der Waals surface area contributed by atoms with Gasteiger partial charge in [-0.25, -0.2) is 4.98 Å². The normalized spacial score (nSPS) is 10.8. The van der Waals surface area contributed by atoms with Crippen molar-refractivity contribution in [1.82, 2.24) is 15.6 Å². The van der Waals surface area contributed by atoms with E-state index in [9.17, 15) is 0 Å². The van der Waals surface area contributed by atoms with Crippen LogP contribution in [0.15, 0.2) is 53.7 Å². The van der Waals surface area contributed by atoms with Gasteiger partial charge in [-0.2, -0.15) is 0 Å². The van der Waals surface area contributed by atoms with Gasteiger partial charge in [0, 0.05) is 31.9 Å². The van der Waals surface area contributed by atoms with Crippen LogP contribution in [0, 0.1) is 0 Å². The molecule has 0 atom stereocenters. The Morgan fingerprint density at radius 3 is 2.42 bits per heavy atom. The molecule has 0 bridgehead atoms. The summed E-state index contributed by atoms with van der Waals surface area (Å²) in [4.78, 5) is 8.48. The van der Waals surface area contributed by atoms with Crippen LogP contribution in [0.2, 0.25) is 0 Å². The van der Waals surface area contributed by atoms with Gasteiger partial charge in [0.1, 0.15) is 19.0 Å². The fourth-order valence-electron chi connectivity index (χ4n) is 2.08. The molecule has 0 unspecified atom stereocenters. The van der Waals surface area contributed by atoms with Crippen LogP contribution in [0.4, 0.5) is 0 Å². The first kappa shape index (κ1) is 22.0. The molecule has 2 rings (SSSR count). The van der Waals surface area contributed by atoms with Gasteiger partial charge in [0.05, 0.1) is 0 Å². The van der Waals surface area contributed by atoms with Crippen molar-refractivity contribution in [3.63, 3.8) is 0 Å². The molecule has 0 saturated heterocycles. The Hall–Kier alpha value is -2.03. The molecule has 0 fully saturated rings. The number of ether oxygens (including phenoxy) is 2. The summed E-state index contributed by atoms with van der Waals surface area (Å²) >= 11 is 0. The molecule has 6 nitrogen and oxygen atoms in total. The molecule has 0 aliphatic heterocycles. The van der Waals surface area contributed by atoms with Crippen molar-refractivity contribution in [1.29, 1.82) is 0 Å². The molecule has 0 saturated carbocycles. The Kier molecular flexibility index (Phi) is 10.5. The third kappa shape index (κ3) is 8.37. The maximum Gasteiger partial charge on any atom is 0.213 e. The lowest BCUT2D eigenvalue weighted by atomic mass is 10.3. The van der Waals surface area contributed by atoms with E-state index in [0.29, 0.717) is 31.7 Å². The molecule has 1 aromatic heterocycles. The number of rotatable bonds is 8. The Morgan fingerprint density at radius 2 is 1.81 bits per heavy atom. The minimum absolute atomic E-state index is 0. The Morgan fingerprint density at radius 1 is 1.08 bits per heavy atom. The second kappa shape index (κ2) is 12.3. The van der Waals surface area contributed by atoms with Gasteiger partial charge >= 0.3 is 0 Å². The number of nitrogens with zero attached hydrogens (tertiary/aromatic N) is 2. The van der Waals surface area contributed by atoms with Gasteiger partial charge in [-0.05, 0) is 31.5 Å². The number of nitrogens with one attached hydrogen (secondary N) is 2. The van der Waals surface area contributed by atoms with Gasteiger partial charge in [-0.15, -0.1) is 24.0 Å². The summed E-state index contributed by atoms with van der Waals surface area (Å²) in [6.45, 7) is 5.72. The van der Waals surface area contributed by atoms with Crippen molar-refractivity contribution in [2.75, 3.05) is 20.3 Å². The number of aromatic nitrogens is 1. The zero-order valence-corrected chi connectivity index (χ0v) is 17.8. The minimum Gasteiger partial charge on any atom is -0.490 e. The fourth-order valence-corrected chi connectivity index (χ4v) is 2.08. The first-order valence-electron chi connectivity index (χ1n) is 8.40. The highest BCUT2D eigenvalue weighted by molar-refractivity contribution is 14.0. The number of para-hydroxylation sites is 1. The lowest BCUT2D eigenvalue weighted by molar-refractivity contribution is 0.212. The lowest BCUT2D eigenvalue weighted by Gasteiger charge is -2.14. The summed E-state index contributed by atoms with van der Waals surface area (Å²) in [5.74, 6) is 2.20. The molecule has 26 heavy (non-hydrogen) atoms. The third-order valence-electron chi connectivity index (χ3n) is 3.25. The molecule has 1 aromatic carbocycles. The lowest BCUT2D eigenvalue weighted by Crippen LogP contribution is -2.40. The Labute approximate surface area is 172 Å². The molecule has 7 heteroatoms. The predicted octanol–water partition coefficient (Wildman–Crippen LogP) is 3.23. The number of hydrogen-bond acceptors (Lipinski definition) is 4. The maximum absolute atomic E-state index is 5.59. The largest absolute Gasteiger partial charge is 0.490 e. The summed E-state index contributed by atoms with van der Waals surface area (Å²) in [5, 5.41) is 6.48. The molecule has 0 aliphatic rings. The van der Waals surface area contributed by atoms with Crippen LogP contribution >= 0.6 is 24.0 Å². The highest BCUT2D eigenvalue weighted by atomic mass is 127. The van der Waals surface area contributed by atoms with E-state index in [4.69, 9.17) is 9.47 Å². The quantitative estimate of drug-likeness (QED) is 0.269. The van der Waals surface area contributed by atoms with Crippen LogP contribution in [0.1, 0.15) is 19.4 Å². The number of aliphatic imine (C=N–C) groups is 1. The number of halogens is 1. The second-order valence-electron chi connectivity index (χ2n) is 5.74. The van der Waals surface area contributed by atoms with E-state index in [0.717, 1.165) is 17.3 Å². The summed E-state index contributed by atoms with van der Waals surface area (Å²) in [6.07, 6.45) is 1.79. The smallest absolute Gasteiger partial charge is 0.213 e. The van der Waals surface area contributed by atoms with Gasteiger partial charge in [-0.3, -0.25) is 4.99 Å². The minimum atomic E-state index is 0. The van der Waals surface area contributed by atoms with Gasteiger partial charge in [0.15, 0.2) is 5.96 Å². The number of hydrogen-bond donors (Lipinski definition) is 2. The number of benzene rings is 1. The van der Waals surface area contributed by atoms with Crippen molar-refractivity contribution in [2.24, 2.45) is 4.99 Å². The third-order valence-corrected chi connectivity index (χ3v) is 3.25. The SMILES string of the molecule is CN=C(NCc1ccc(OCCOc2ccccc2)nc1)NC(C)C.I. The van der Waals surface area contributed by atoms with E-state index in [1.807, 2.05) is 42.5 Å². The average Bonchev–Trinajstić information content (AvgIpc) is 2.64. The van der Waals surface area contributed by atoms with Gasteiger partial charge in [-0.1, -0.05) is 24.3 Å². The van der Waals surface area contributed by atoms with Crippen LogP contribution in [-0.2, 0) is 6.54 Å². The zero-order chi connectivity index (χ0) is 17.9. The molecule has 0 spiro atoms. The van der Waals surface area contributed by atoms with Crippen molar-refractivity contribution in [2.45, 2.75) is 26.4 Å². The second-order valence-corrected chi connectivity index (χ2v) is 5.74. The number of guanidine groups is 1. The first-order chi connectivity index (χ1) is 12.2. The summed E-state index contributed by atoms with van der Waals surface area (Å²) in [6, 6.07) is 13.8. The van der Waals surface area contributed by atoms with E-state index >= 15 is 0 Å². The Balaban J connectivity index is 0.00000338. The van der Waals surface area contributed by atoms with Crippen LogP contribution in [0.3, 0.4) is 0 Å². The van der Waals surface area contributed by atoms with Crippen molar-refractivity contribution >= 4 is 29.9 Å². The Bertz CT molecular complexity index is 648. The van der Waals surface area contributed by atoms with Crippen LogP contribution in [0.5, 0.6) is 11.6 Å². The van der Waals surface area contributed by atoms with Gasteiger partial charge in [0.25, 0.3) is 0 Å². The van der Waals surface area contributed by atoms with Crippen molar-refractivity contribution < 1.29 is 9.47 Å². The van der Waals surface area contributed by atoms with Crippen LogP contribution in [0.25, 0.3) is 0 Å². The van der Waals surface area contributed by atoms with Crippen molar-refractivity contribution in [3.8, 4) is 11.6 Å². The highest BCUT2D eigenvalue weighted by Crippen LogP contribution is 2.09. The molecular weight excluding hydrogens is 443 g/mol. The standard InChI is InChI=1S/C19H26N4O2.HI/c1-15(2)23-19(20-3)22-14-16-9-10-18(21-13-16)25-12-11-24-17-7-5-4-6-8-17;/h4-10,13,15H,11-12,14H2,1-3H3,(H2,20,22,23);1H. The van der Waals surface area contributed by atoms with E-state index in [2.05, 4.69) is 34.5 Å². The molecule has 0 aliphatic carbocycles. The molecule has 142 valence electrons. The summed E-state index contributed by atoms with van der Waals surface area (Å²) < 4.78 is 11.2. The van der Waals surface area contributed by atoms with E-state index in [1.165, 1.54) is 0 Å². The maximum atomic E-state index is 5.59. The molecule has 2 N–H and O–H groups in total. The average molecular weight is 470 g/mol. The first-order valence-corrected chi connectivity index (χ1v) is 8.40. The molecule has 0 amide bonds. The summed E-state index contributed by atoms with van der Waals surface area (Å²) in [5.41, 5.74) is 1.06. The van der Waals surface area contributed by atoms with E-state index in [1.54, 1.807) is 13.2 Å². The van der Waals surface area contributed by atoms with Crippen LogP contribution < -0.4 is 20.1 Å². The predicted molar refractivity (Wildman–Crippen MR) is 116 cm³/mol. The van der Waals surface area contributed by atoms with Crippen molar-refractivity contribution in [3.05, 3.63) is 54.2 Å². The van der Waals surface area contributed by atoms with Crippen LogP contribution in [-0.4, -0.2) is 37.2 Å². The monoisotopic (exact) mass is 470 g/mol. The molecule has 2 aromatic rings. The fraction of sp³-hybridized carbons (Fsp3) is 0.368. The summed E-state index contributed by atoms with van der Waals surface area (Å²) in [7, 11) is 1.75. The van der Waals surface area contributed by atoms with E-state index in [-0.39, 0.29) is 24.0 Å². The highest BCUT2D eigenvalue weighted by Gasteiger charge is 2.02. The topological polar surface area (TPSA) is 67.8 Å². The molecule has 1 heterocycles. The molecule has 0 radical (unpaired) electrons. The molecular formula is C19H27IN4O2. The van der Waals surface area contributed by atoms with Gasteiger partial charge < -0.3 is 20.1 Å². The van der Waals surface area contributed by atoms with Gasteiger partial charge in [0.2, 0.25) is 5.88 Å². The zero-order valence-electron chi connectivity index (χ0n) is 15.4.